The van der Waals surface area contributed by atoms with Crippen LogP contribution in [0.4, 0.5) is 5.82 Å². The van der Waals surface area contributed by atoms with Crippen molar-refractivity contribution in [2.75, 3.05) is 35.2 Å². The predicted octanol–water partition coefficient (Wildman–Crippen LogP) is 4.09. The summed E-state index contributed by atoms with van der Waals surface area (Å²) < 4.78 is 11.7. The van der Waals surface area contributed by atoms with E-state index in [9.17, 15) is 4.55 Å². The fourth-order valence-corrected chi connectivity index (χ4v) is 5.27. The van der Waals surface area contributed by atoms with Gasteiger partial charge in [-0.15, -0.1) is 11.8 Å². The largest absolute Gasteiger partial charge is 0.616 e. The van der Waals surface area contributed by atoms with Crippen LogP contribution < -0.4 is 4.90 Å². The number of thioether (sulfide) groups is 1. The van der Waals surface area contributed by atoms with E-state index in [2.05, 4.69) is 31.8 Å². The van der Waals surface area contributed by atoms with Gasteiger partial charge in [0, 0.05) is 0 Å². The first-order valence-corrected chi connectivity index (χ1v) is 12.4. The normalized spacial score (nSPS) is 15.6. The van der Waals surface area contributed by atoms with Gasteiger partial charge in [0.05, 0.1) is 13.1 Å². The van der Waals surface area contributed by atoms with Gasteiger partial charge in [0.15, 0.2) is 5.82 Å². The Labute approximate surface area is 173 Å². The Bertz CT molecular complexity index is 743. The minimum absolute atomic E-state index is 0.209. The topological polar surface area (TPSA) is 77.9 Å². The molecule has 9 heteroatoms. The fraction of sp³-hybridized carbons (Fsp3) is 0.667. The molecule has 2 aromatic rings. The molecule has 0 radical (unpaired) electrons. The molecule has 0 aromatic carbocycles. The summed E-state index contributed by atoms with van der Waals surface area (Å²) in [6, 6.07) is 0. The summed E-state index contributed by atoms with van der Waals surface area (Å²) in [5.41, 5.74) is 1.45. The number of nitrogens with zero attached hydrogens (tertiary/aromatic N) is 5. The van der Waals surface area contributed by atoms with Gasteiger partial charge in [0.25, 0.3) is 0 Å². The molecule has 0 bridgehead atoms. The third-order valence-electron chi connectivity index (χ3n) is 4.62. The Morgan fingerprint density at radius 1 is 1.07 bits per heavy atom. The highest BCUT2D eigenvalue weighted by Gasteiger charge is 2.24. The van der Waals surface area contributed by atoms with Crippen molar-refractivity contribution in [3.8, 4) is 0 Å². The van der Waals surface area contributed by atoms with E-state index in [1.165, 1.54) is 38.5 Å². The Morgan fingerprint density at radius 2 is 1.81 bits per heavy atom. The van der Waals surface area contributed by atoms with Gasteiger partial charge >= 0.3 is 0 Å². The molecule has 0 aliphatic carbocycles. The summed E-state index contributed by atoms with van der Waals surface area (Å²) in [4.78, 5) is 19.8. The molecule has 148 valence electrons. The third-order valence-corrected chi connectivity index (χ3v) is 7.13. The Morgan fingerprint density at radius 3 is 2.59 bits per heavy atom. The first kappa shape index (κ1) is 20.9. The maximum absolute atomic E-state index is 11.7. The number of rotatable bonds is 9. The lowest BCUT2D eigenvalue weighted by Crippen LogP contribution is -2.41. The van der Waals surface area contributed by atoms with Crippen LogP contribution in [-0.4, -0.2) is 54.8 Å². The third kappa shape index (κ3) is 5.82. The zero-order chi connectivity index (χ0) is 19.1. The van der Waals surface area contributed by atoms with E-state index in [1.54, 1.807) is 18.1 Å². The summed E-state index contributed by atoms with van der Waals surface area (Å²) in [6.45, 7) is 3.62. The molecular formula is C18H26ClN5OS2. The van der Waals surface area contributed by atoms with Crippen molar-refractivity contribution in [1.82, 2.24) is 19.9 Å². The van der Waals surface area contributed by atoms with Gasteiger partial charge in [-0.1, -0.05) is 50.2 Å². The van der Waals surface area contributed by atoms with Crippen LogP contribution in [0.25, 0.3) is 11.0 Å². The molecule has 3 rings (SSSR count). The molecule has 2 aromatic heterocycles. The smallest absolute Gasteiger partial charge is 0.225 e. The van der Waals surface area contributed by atoms with Crippen molar-refractivity contribution in [2.24, 2.45) is 0 Å². The van der Waals surface area contributed by atoms with Crippen LogP contribution in [-0.2, 0) is 11.2 Å². The summed E-state index contributed by atoms with van der Waals surface area (Å²) >= 11 is 7.17. The molecule has 0 unspecified atom stereocenters. The van der Waals surface area contributed by atoms with Gasteiger partial charge in [0.1, 0.15) is 33.9 Å². The summed E-state index contributed by atoms with van der Waals surface area (Å²) in [7, 11) is 0. The SMILES string of the molecule is CCCCCCCCSc1ncnc2c(N3CC[S+]([O-])CC3)nc(Cl)nc12. The molecule has 27 heavy (non-hydrogen) atoms. The maximum Gasteiger partial charge on any atom is 0.225 e. The van der Waals surface area contributed by atoms with Crippen molar-refractivity contribution in [3.05, 3.63) is 11.6 Å². The number of hydrogen-bond acceptors (Lipinski definition) is 7. The second-order valence-electron chi connectivity index (χ2n) is 6.64. The van der Waals surface area contributed by atoms with Gasteiger partial charge in [0.2, 0.25) is 5.28 Å². The molecule has 1 saturated heterocycles. The number of aromatic nitrogens is 4. The molecule has 0 spiro atoms. The second-order valence-corrected chi connectivity index (χ2v) is 9.76. The lowest BCUT2D eigenvalue weighted by molar-refractivity contribution is 0.585. The number of anilines is 1. The van der Waals surface area contributed by atoms with Crippen molar-refractivity contribution >= 4 is 51.4 Å². The highest BCUT2D eigenvalue weighted by atomic mass is 35.5. The first-order valence-electron chi connectivity index (χ1n) is 9.60. The minimum Gasteiger partial charge on any atom is -0.616 e. The molecular weight excluding hydrogens is 402 g/mol. The van der Waals surface area contributed by atoms with Crippen molar-refractivity contribution in [3.63, 3.8) is 0 Å². The number of unbranched alkanes of at least 4 members (excludes halogenated alkanes) is 5. The van der Waals surface area contributed by atoms with Gasteiger partial charge in [-0.3, -0.25) is 0 Å². The zero-order valence-corrected chi connectivity index (χ0v) is 18.1. The van der Waals surface area contributed by atoms with Gasteiger partial charge in [-0.25, -0.2) is 15.0 Å². The maximum atomic E-state index is 11.7. The highest BCUT2D eigenvalue weighted by molar-refractivity contribution is 7.99. The van der Waals surface area contributed by atoms with E-state index < -0.39 is 11.2 Å². The van der Waals surface area contributed by atoms with Gasteiger partial charge < -0.3 is 9.45 Å². The second kappa shape index (κ2) is 10.6. The van der Waals surface area contributed by atoms with E-state index in [0.717, 1.165) is 27.6 Å². The highest BCUT2D eigenvalue weighted by Crippen LogP contribution is 2.30. The Balaban J connectivity index is 1.70. The molecule has 0 atom stereocenters. The zero-order valence-electron chi connectivity index (χ0n) is 15.7. The molecule has 3 heterocycles. The molecule has 0 saturated carbocycles. The van der Waals surface area contributed by atoms with Crippen LogP contribution in [0.1, 0.15) is 45.4 Å². The number of hydrogen-bond donors (Lipinski definition) is 0. The number of halogens is 1. The van der Waals surface area contributed by atoms with Crippen LogP contribution in [0.5, 0.6) is 0 Å². The number of fused-ring (bicyclic) bond motifs is 1. The summed E-state index contributed by atoms with van der Waals surface area (Å²) in [5.74, 6) is 3.03. The first-order chi connectivity index (χ1) is 13.2. The summed E-state index contributed by atoms with van der Waals surface area (Å²) in [5, 5.41) is 1.07. The predicted molar refractivity (Wildman–Crippen MR) is 114 cm³/mol. The summed E-state index contributed by atoms with van der Waals surface area (Å²) in [6.07, 6.45) is 9.22. The van der Waals surface area contributed by atoms with E-state index in [-0.39, 0.29) is 5.28 Å². The van der Waals surface area contributed by atoms with Crippen LogP contribution >= 0.6 is 23.4 Å². The van der Waals surface area contributed by atoms with E-state index in [0.29, 0.717) is 24.6 Å². The standard InChI is InChI=1S/C18H26ClN5OS2/c1-2-3-4-5-6-7-10-26-17-15-14(20-13-21-17)16(23-18(19)22-15)24-8-11-27(25)12-9-24/h13H,2-12H2,1H3. The van der Waals surface area contributed by atoms with E-state index in [1.807, 2.05) is 0 Å². The average molecular weight is 428 g/mol. The fourth-order valence-electron chi connectivity index (χ4n) is 3.11. The molecule has 1 aliphatic heterocycles. The van der Waals surface area contributed by atoms with E-state index >= 15 is 0 Å². The van der Waals surface area contributed by atoms with Crippen molar-refractivity contribution in [2.45, 2.75) is 50.5 Å². The average Bonchev–Trinajstić information content (AvgIpc) is 2.67. The lowest BCUT2D eigenvalue weighted by Gasteiger charge is -2.29. The van der Waals surface area contributed by atoms with Crippen LogP contribution in [0, 0.1) is 0 Å². The minimum atomic E-state index is -0.742. The molecule has 6 nitrogen and oxygen atoms in total. The molecule has 1 aliphatic rings. The van der Waals surface area contributed by atoms with Crippen molar-refractivity contribution < 1.29 is 4.55 Å². The molecule has 0 amide bonds. The van der Waals surface area contributed by atoms with E-state index in [4.69, 9.17) is 11.6 Å². The van der Waals surface area contributed by atoms with Crippen LogP contribution in [0.15, 0.2) is 11.4 Å². The Hall–Kier alpha value is -0.830. The monoisotopic (exact) mass is 427 g/mol. The van der Waals surface area contributed by atoms with Gasteiger partial charge in [-0.2, -0.15) is 4.98 Å². The van der Waals surface area contributed by atoms with Crippen molar-refractivity contribution in [1.29, 1.82) is 0 Å². The Kier molecular flexibility index (Phi) is 8.24. The van der Waals surface area contributed by atoms with Gasteiger partial charge in [-0.05, 0) is 23.8 Å². The molecule has 0 N–H and O–H groups in total. The van der Waals surface area contributed by atoms with Crippen LogP contribution in [0.3, 0.4) is 0 Å². The molecule has 1 fully saturated rings. The quantitative estimate of drug-likeness (QED) is 0.196. The van der Waals surface area contributed by atoms with Crippen LogP contribution in [0.2, 0.25) is 5.28 Å². The lowest BCUT2D eigenvalue weighted by atomic mass is 10.1.